The van der Waals surface area contributed by atoms with E-state index in [0.29, 0.717) is 18.8 Å². The zero-order chi connectivity index (χ0) is 20.9. The minimum atomic E-state index is -0.492. The Bertz CT molecular complexity index is 839. The minimum Gasteiger partial charge on any atom is -0.371 e. The van der Waals surface area contributed by atoms with Crippen LogP contribution in [0, 0.1) is 15.5 Å². The molecule has 8 nitrogen and oxygen atoms in total. The summed E-state index contributed by atoms with van der Waals surface area (Å²) in [6, 6.07) is 9.74. The van der Waals surface area contributed by atoms with Crippen LogP contribution < -0.4 is 11.1 Å². The molecule has 1 aromatic carbocycles. The first kappa shape index (κ1) is 21.3. The van der Waals surface area contributed by atoms with Gasteiger partial charge in [0, 0.05) is 31.4 Å². The maximum absolute atomic E-state index is 12.7. The Morgan fingerprint density at radius 3 is 2.64 bits per heavy atom. The average Bonchev–Trinajstić information content (AvgIpc) is 2.67. The lowest BCUT2D eigenvalue weighted by Crippen LogP contribution is -2.39. The minimum absolute atomic E-state index is 0.153. The quantitative estimate of drug-likeness (QED) is 0.533. The zero-order valence-electron chi connectivity index (χ0n) is 16.7. The molecule has 0 aliphatic carbocycles. The molecule has 3 N–H and O–H groups in total. The van der Waals surface area contributed by atoms with Gasteiger partial charge >= 0.3 is 0 Å². The van der Waals surface area contributed by atoms with Crippen molar-refractivity contribution in [1.82, 2.24) is 9.88 Å². The number of nitrogens with one attached hydrogen (secondary N) is 1. The van der Waals surface area contributed by atoms with Crippen molar-refractivity contribution in [2.24, 2.45) is 11.1 Å². The van der Waals surface area contributed by atoms with Crippen LogP contribution in [0.1, 0.15) is 42.9 Å². The maximum atomic E-state index is 12.7. The molecular weight excluding hydrogens is 358 g/mol. The van der Waals surface area contributed by atoms with Crippen molar-refractivity contribution in [2.45, 2.75) is 26.8 Å². The molecular formula is C20H27N5O3. The normalized spacial score (nSPS) is 12.3. The highest BCUT2D eigenvalue weighted by molar-refractivity contribution is 5.95. The molecule has 0 saturated heterocycles. The first-order valence-corrected chi connectivity index (χ1v) is 9.06. The lowest BCUT2D eigenvalue weighted by atomic mass is 9.93. The number of carbonyl (C=O) groups excluding carboxylic acids is 1. The van der Waals surface area contributed by atoms with Crippen molar-refractivity contribution in [2.75, 3.05) is 25.5 Å². The molecule has 2 aromatic rings. The number of nitrogens with two attached hydrogens (primary N) is 1. The van der Waals surface area contributed by atoms with Crippen LogP contribution in [0.25, 0.3) is 0 Å². The fraction of sp³-hybridized carbons (Fsp3) is 0.400. The van der Waals surface area contributed by atoms with Crippen LogP contribution in [0.4, 0.5) is 11.4 Å². The largest absolute Gasteiger partial charge is 0.371 e. The molecule has 0 saturated carbocycles. The number of nitro groups is 1. The Morgan fingerprint density at radius 1 is 1.36 bits per heavy atom. The third kappa shape index (κ3) is 5.26. The number of hydrogen-bond donors (Lipinski definition) is 2. The van der Waals surface area contributed by atoms with E-state index in [1.54, 1.807) is 25.4 Å². The van der Waals surface area contributed by atoms with Gasteiger partial charge in [0.25, 0.3) is 11.6 Å². The van der Waals surface area contributed by atoms with Gasteiger partial charge in [-0.05, 0) is 43.1 Å². The van der Waals surface area contributed by atoms with Crippen LogP contribution in [-0.4, -0.2) is 40.9 Å². The van der Waals surface area contributed by atoms with E-state index < -0.39 is 4.92 Å². The van der Waals surface area contributed by atoms with Gasteiger partial charge in [-0.3, -0.25) is 19.9 Å². The molecule has 0 fully saturated rings. The van der Waals surface area contributed by atoms with E-state index in [0.717, 1.165) is 5.69 Å². The number of aromatic nitrogens is 1. The van der Waals surface area contributed by atoms with Crippen molar-refractivity contribution in [1.29, 1.82) is 0 Å². The van der Waals surface area contributed by atoms with Gasteiger partial charge in [-0.1, -0.05) is 19.9 Å². The van der Waals surface area contributed by atoms with Gasteiger partial charge in [0.1, 0.15) is 5.69 Å². The van der Waals surface area contributed by atoms with Crippen LogP contribution >= 0.6 is 0 Å². The molecule has 1 unspecified atom stereocenters. The van der Waals surface area contributed by atoms with Gasteiger partial charge in [0.2, 0.25) is 0 Å². The lowest BCUT2D eigenvalue weighted by Gasteiger charge is -2.29. The van der Waals surface area contributed by atoms with E-state index in [1.807, 2.05) is 39.0 Å². The fourth-order valence-corrected chi connectivity index (χ4v) is 2.88. The summed E-state index contributed by atoms with van der Waals surface area (Å²) in [5.74, 6) is -0.283. The van der Waals surface area contributed by atoms with E-state index in [2.05, 4.69) is 10.3 Å². The van der Waals surface area contributed by atoms with Crippen molar-refractivity contribution >= 4 is 17.3 Å². The second-order valence-corrected chi connectivity index (χ2v) is 7.64. The maximum Gasteiger partial charge on any atom is 0.293 e. The summed E-state index contributed by atoms with van der Waals surface area (Å²) in [4.78, 5) is 29.6. The number of pyridine rings is 1. The van der Waals surface area contributed by atoms with E-state index >= 15 is 0 Å². The molecule has 1 heterocycles. The zero-order valence-corrected chi connectivity index (χ0v) is 16.7. The molecule has 150 valence electrons. The number of hydrogen-bond acceptors (Lipinski definition) is 6. The number of carbonyl (C=O) groups is 1. The summed E-state index contributed by atoms with van der Waals surface area (Å²) in [7, 11) is 1.67. The standard InChI is InChI=1S/C20H27N5O3/c1-14(16-7-5-6-10-22-16)23-17-9-8-15(11-18(17)25(27)28)19(26)24(4)13-20(2,3)12-21/h5-11,14,23H,12-13,21H2,1-4H3. The lowest BCUT2D eigenvalue weighted by molar-refractivity contribution is -0.384. The number of rotatable bonds is 8. The fourth-order valence-electron chi connectivity index (χ4n) is 2.88. The Morgan fingerprint density at radius 2 is 2.07 bits per heavy atom. The van der Waals surface area contributed by atoms with Crippen molar-refractivity contribution in [3.8, 4) is 0 Å². The van der Waals surface area contributed by atoms with Crippen LogP contribution in [0.2, 0.25) is 0 Å². The topological polar surface area (TPSA) is 114 Å². The van der Waals surface area contributed by atoms with Crippen LogP contribution in [0.5, 0.6) is 0 Å². The molecule has 8 heteroatoms. The van der Waals surface area contributed by atoms with E-state index in [9.17, 15) is 14.9 Å². The number of nitrogens with zero attached hydrogens (tertiary/aromatic N) is 3. The molecule has 0 spiro atoms. The van der Waals surface area contributed by atoms with Crippen LogP contribution in [-0.2, 0) is 0 Å². The molecule has 0 aliphatic heterocycles. The van der Waals surface area contributed by atoms with Crippen LogP contribution in [0.15, 0.2) is 42.6 Å². The van der Waals surface area contributed by atoms with E-state index in [1.165, 1.54) is 11.0 Å². The number of anilines is 1. The highest BCUT2D eigenvalue weighted by atomic mass is 16.6. The Labute approximate surface area is 164 Å². The van der Waals surface area contributed by atoms with Crippen LogP contribution in [0.3, 0.4) is 0 Å². The molecule has 1 atom stereocenters. The van der Waals surface area contributed by atoms with Gasteiger partial charge in [0.15, 0.2) is 0 Å². The van der Waals surface area contributed by atoms with Crippen molar-refractivity contribution in [3.05, 3.63) is 64.0 Å². The smallest absolute Gasteiger partial charge is 0.293 e. The molecule has 1 aromatic heterocycles. The molecule has 0 radical (unpaired) electrons. The highest BCUT2D eigenvalue weighted by Crippen LogP contribution is 2.29. The summed E-state index contributed by atoms with van der Waals surface area (Å²) in [5, 5.41) is 14.7. The number of nitro benzene ring substituents is 1. The SMILES string of the molecule is CC(Nc1ccc(C(=O)N(C)CC(C)(C)CN)cc1[N+](=O)[O-])c1ccccn1. The number of benzene rings is 1. The summed E-state index contributed by atoms with van der Waals surface area (Å²) >= 11 is 0. The molecule has 0 aliphatic rings. The average molecular weight is 385 g/mol. The second kappa shape index (κ2) is 8.79. The third-order valence-electron chi connectivity index (χ3n) is 4.51. The van der Waals surface area contributed by atoms with Gasteiger partial charge in [-0.25, -0.2) is 0 Å². The molecule has 0 bridgehead atoms. The Hall–Kier alpha value is -3.00. The van der Waals surface area contributed by atoms with E-state index in [4.69, 9.17) is 5.73 Å². The van der Waals surface area contributed by atoms with Gasteiger partial charge in [-0.15, -0.1) is 0 Å². The van der Waals surface area contributed by atoms with E-state index in [-0.39, 0.29) is 28.6 Å². The van der Waals surface area contributed by atoms with Crippen molar-refractivity contribution < 1.29 is 9.72 Å². The summed E-state index contributed by atoms with van der Waals surface area (Å²) in [6.45, 7) is 6.68. The highest BCUT2D eigenvalue weighted by Gasteiger charge is 2.24. The Kier molecular flexibility index (Phi) is 6.69. The first-order chi connectivity index (χ1) is 13.1. The molecule has 2 rings (SSSR count). The van der Waals surface area contributed by atoms with Crippen molar-refractivity contribution in [3.63, 3.8) is 0 Å². The Balaban J connectivity index is 2.25. The molecule has 28 heavy (non-hydrogen) atoms. The third-order valence-corrected chi connectivity index (χ3v) is 4.51. The predicted molar refractivity (Wildman–Crippen MR) is 109 cm³/mol. The summed E-state index contributed by atoms with van der Waals surface area (Å²) in [6.07, 6.45) is 1.67. The van der Waals surface area contributed by atoms with Gasteiger partial charge in [-0.2, -0.15) is 0 Å². The van der Waals surface area contributed by atoms with Gasteiger partial charge < -0.3 is 16.0 Å². The monoisotopic (exact) mass is 385 g/mol. The summed E-state index contributed by atoms with van der Waals surface area (Å²) in [5.41, 5.74) is 6.70. The second-order valence-electron chi connectivity index (χ2n) is 7.64. The first-order valence-electron chi connectivity index (χ1n) is 9.06. The predicted octanol–water partition coefficient (Wildman–Crippen LogP) is 3.22. The number of amides is 1. The van der Waals surface area contributed by atoms with Gasteiger partial charge in [0.05, 0.1) is 16.7 Å². The molecule has 1 amide bonds. The summed E-state index contributed by atoms with van der Waals surface area (Å²) < 4.78 is 0.